The molecular formula is C15H18N4O. The van der Waals surface area contributed by atoms with Crippen molar-refractivity contribution < 1.29 is 4.79 Å². The zero-order valence-electron chi connectivity index (χ0n) is 11.4. The van der Waals surface area contributed by atoms with Crippen LogP contribution in [0.4, 0.5) is 11.4 Å². The molecule has 1 aliphatic rings. The van der Waals surface area contributed by atoms with Crippen molar-refractivity contribution in [2.75, 3.05) is 17.6 Å². The number of amides is 1. The second-order valence-electron chi connectivity index (χ2n) is 5.26. The molecule has 4 N–H and O–H groups in total. The second kappa shape index (κ2) is 5.00. The lowest BCUT2D eigenvalue weighted by Crippen LogP contribution is -2.41. The van der Waals surface area contributed by atoms with Crippen LogP contribution in [0.3, 0.4) is 0 Å². The topological polar surface area (TPSA) is 80.0 Å². The summed E-state index contributed by atoms with van der Waals surface area (Å²) in [6.07, 6.45) is 3.24. The number of nitrogens with one attached hydrogen (secondary N) is 2. The van der Waals surface area contributed by atoms with Gasteiger partial charge in [-0.25, -0.2) is 0 Å². The highest BCUT2D eigenvalue weighted by atomic mass is 16.1. The van der Waals surface area contributed by atoms with E-state index in [1.807, 2.05) is 31.3 Å². The molecule has 0 spiro atoms. The summed E-state index contributed by atoms with van der Waals surface area (Å²) in [5.41, 5.74) is 8.74. The van der Waals surface area contributed by atoms with Crippen molar-refractivity contribution in [3.8, 4) is 0 Å². The Morgan fingerprint density at radius 1 is 1.40 bits per heavy atom. The summed E-state index contributed by atoms with van der Waals surface area (Å²) in [6, 6.07) is 6.18. The minimum absolute atomic E-state index is 0.130. The van der Waals surface area contributed by atoms with Crippen LogP contribution in [0, 0.1) is 6.92 Å². The third-order valence-corrected chi connectivity index (χ3v) is 3.70. The molecular weight excluding hydrogens is 252 g/mol. The Hall–Kier alpha value is -2.30. The summed E-state index contributed by atoms with van der Waals surface area (Å²) in [5.74, 6) is 0.130. The van der Waals surface area contributed by atoms with Crippen molar-refractivity contribution in [3.63, 3.8) is 0 Å². The van der Waals surface area contributed by atoms with Gasteiger partial charge >= 0.3 is 0 Å². The molecule has 1 unspecified atom stereocenters. The van der Waals surface area contributed by atoms with Gasteiger partial charge in [-0.1, -0.05) is 0 Å². The average Bonchev–Trinajstić information content (AvgIpc) is 2.44. The minimum atomic E-state index is 0.130. The van der Waals surface area contributed by atoms with Crippen LogP contribution in [0.25, 0.3) is 10.8 Å². The van der Waals surface area contributed by atoms with Gasteiger partial charge in [-0.3, -0.25) is 9.78 Å². The number of aromatic nitrogens is 1. The fourth-order valence-electron chi connectivity index (χ4n) is 2.57. The zero-order chi connectivity index (χ0) is 14.1. The van der Waals surface area contributed by atoms with Gasteiger partial charge in [-0.05, 0) is 31.5 Å². The molecule has 1 aromatic carbocycles. The number of piperidine rings is 1. The van der Waals surface area contributed by atoms with E-state index in [9.17, 15) is 4.79 Å². The van der Waals surface area contributed by atoms with Crippen LogP contribution in [-0.2, 0) is 4.79 Å². The number of nitrogens with zero attached hydrogens (tertiary/aromatic N) is 1. The molecule has 0 bridgehead atoms. The Labute approximate surface area is 117 Å². The number of rotatable bonds is 2. The number of benzene rings is 1. The standard InChI is InChI=1S/C15H18N4O/c1-9-6-11-12(8-17-9)13(16)3-4-14(11)19-10-2-5-15(20)18-7-10/h3-4,6,8,10,19H,2,5,7,16H2,1H3,(H,18,20). The summed E-state index contributed by atoms with van der Waals surface area (Å²) >= 11 is 0. The van der Waals surface area contributed by atoms with Crippen molar-refractivity contribution in [2.24, 2.45) is 0 Å². The van der Waals surface area contributed by atoms with Crippen molar-refractivity contribution in [1.29, 1.82) is 0 Å². The molecule has 0 aliphatic carbocycles. The summed E-state index contributed by atoms with van der Waals surface area (Å²) in [6.45, 7) is 2.63. The molecule has 0 saturated carbocycles. The van der Waals surface area contributed by atoms with Gasteiger partial charge in [0.1, 0.15) is 0 Å². The largest absolute Gasteiger partial charge is 0.398 e. The second-order valence-corrected chi connectivity index (χ2v) is 5.26. The number of fused-ring (bicyclic) bond motifs is 1. The Morgan fingerprint density at radius 3 is 3.00 bits per heavy atom. The van der Waals surface area contributed by atoms with Gasteiger partial charge in [-0.2, -0.15) is 0 Å². The molecule has 1 fully saturated rings. The molecule has 5 nitrogen and oxygen atoms in total. The molecule has 1 amide bonds. The van der Waals surface area contributed by atoms with E-state index >= 15 is 0 Å². The molecule has 2 aromatic rings. The van der Waals surface area contributed by atoms with E-state index in [0.29, 0.717) is 13.0 Å². The van der Waals surface area contributed by atoms with E-state index in [2.05, 4.69) is 15.6 Å². The highest BCUT2D eigenvalue weighted by Crippen LogP contribution is 2.29. The van der Waals surface area contributed by atoms with Crippen LogP contribution in [0.15, 0.2) is 24.4 Å². The van der Waals surface area contributed by atoms with Crippen molar-refractivity contribution in [3.05, 3.63) is 30.1 Å². The number of hydrogen-bond donors (Lipinski definition) is 3. The van der Waals surface area contributed by atoms with E-state index in [-0.39, 0.29) is 11.9 Å². The van der Waals surface area contributed by atoms with Crippen LogP contribution in [-0.4, -0.2) is 23.5 Å². The van der Waals surface area contributed by atoms with E-state index in [0.717, 1.165) is 34.3 Å². The minimum Gasteiger partial charge on any atom is -0.398 e. The van der Waals surface area contributed by atoms with Crippen molar-refractivity contribution in [2.45, 2.75) is 25.8 Å². The van der Waals surface area contributed by atoms with Crippen LogP contribution >= 0.6 is 0 Å². The zero-order valence-corrected chi connectivity index (χ0v) is 11.4. The predicted molar refractivity (Wildman–Crippen MR) is 80.5 cm³/mol. The van der Waals surface area contributed by atoms with Crippen LogP contribution in [0.1, 0.15) is 18.5 Å². The van der Waals surface area contributed by atoms with E-state index in [1.165, 1.54) is 0 Å². The summed E-state index contributed by atoms with van der Waals surface area (Å²) in [7, 11) is 0. The lowest BCUT2D eigenvalue weighted by Gasteiger charge is -2.25. The Morgan fingerprint density at radius 2 is 2.25 bits per heavy atom. The molecule has 1 atom stereocenters. The van der Waals surface area contributed by atoms with Gasteiger partial charge in [0.25, 0.3) is 0 Å². The van der Waals surface area contributed by atoms with E-state index in [1.54, 1.807) is 0 Å². The first kappa shape index (κ1) is 12.7. The summed E-state index contributed by atoms with van der Waals surface area (Å²) < 4.78 is 0. The van der Waals surface area contributed by atoms with Gasteiger partial charge in [0.15, 0.2) is 0 Å². The molecule has 1 aliphatic heterocycles. The van der Waals surface area contributed by atoms with Crippen molar-refractivity contribution >= 4 is 28.1 Å². The molecule has 3 rings (SSSR count). The third-order valence-electron chi connectivity index (χ3n) is 3.70. The van der Waals surface area contributed by atoms with Crippen LogP contribution in [0.5, 0.6) is 0 Å². The van der Waals surface area contributed by atoms with Gasteiger partial charge in [-0.15, -0.1) is 0 Å². The lowest BCUT2D eigenvalue weighted by molar-refractivity contribution is -0.122. The van der Waals surface area contributed by atoms with E-state index < -0.39 is 0 Å². The van der Waals surface area contributed by atoms with Gasteiger partial charge in [0.2, 0.25) is 5.91 Å². The average molecular weight is 270 g/mol. The van der Waals surface area contributed by atoms with Crippen LogP contribution in [0.2, 0.25) is 0 Å². The first-order valence-electron chi connectivity index (χ1n) is 6.81. The molecule has 5 heteroatoms. The Bertz CT molecular complexity index is 658. The normalized spacial score (nSPS) is 18.9. The maximum absolute atomic E-state index is 11.2. The summed E-state index contributed by atoms with van der Waals surface area (Å²) in [5, 5.41) is 8.42. The highest BCUT2D eigenvalue weighted by Gasteiger charge is 2.18. The molecule has 1 aromatic heterocycles. The SMILES string of the molecule is Cc1cc2c(NC3CCC(=O)NC3)ccc(N)c2cn1. The monoisotopic (exact) mass is 270 g/mol. The number of nitrogens with two attached hydrogens (primary N) is 1. The smallest absolute Gasteiger partial charge is 0.220 e. The first-order valence-corrected chi connectivity index (χ1v) is 6.81. The molecule has 0 radical (unpaired) electrons. The van der Waals surface area contributed by atoms with E-state index in [4.69, 9.17) is 5.73 Å². The molecule has 104 valence electrons. The number of aryl methyl sites for hydroxylation is 1. The Kier molecular flexibility index (Phi) is 3.18. The maximum Gasteiger partial charge on any atom is 0.220 e. The van der Waals surface area contributed by atoms with Crippen LogP contribution < -0.4 is 16.4 Å². The predicted octanol–water partition coefficient (Wildman–Crippen LogP) is 1.82. The molecule has 20 heavy (non-hydrogen) atoms. The fraction of sp³-hybridized carbons (Fsp3) is 0.333. The summed E-state index contributed by atoms with van der Waals surface area (Å²) in [4.78, 5) is 15.5. The fourth-order valence-corrected chi connectivity index (χ4v) is 2.57. The lowest BCUT2D eigenvalue weighted by atomic mass is 10.0. The number of carbonyl (C=O) groups excluding carboxylic acids is 1. The molecule has 2 heterocycles. The first-order chi connectivity index (χ1) is 9.63. The van der Waals surface area contributed by atoms with Gasteiger partial charge in [0, 0.05) is 53.0 Å². The number of carbonyl (C=O) groups is 1. The van der Waals surface area contributed by atoms with Crippen molar-refractivity contribution in [1.82, 2.24) is 10.3 Å². The number of nitrogen functional groups attached to an aromatic ring is 1. The number of pyridine rings is 1. The molecule has 1 saturated heterocycles. The number of hydrogen-bond acceptors (Lipinski definition) is 4. The maximum atomic E-state index is 11.2. The Balaban J connectivity index is 1.93. The third kappa shape index (κ3) is 2.39. The van der Waals surface area contributed by atoms with Gasteiger partial charge < -0.3 is 16.4 Å². The number of anilines is 2. The quantitative estimate of drug-likeness (QED) is 0.727. The highest BCUT2D eigenvalue weighted by molar-refractivity contribution is 6.00. The van der Waals surface area contributed by atoms with Gasteiger partial charge in [0.05, 0.1) is 0 Å².